The van der Waals surface area contributed by atoms with E-state index in [9.17, 15) is 9.59 Å². The van der Waals surface area contributed by atoms with E-state index in [2.05, 4.69) is 22.5 Å². The number of hydrogen-bond acceptors (Lipinski definition) is 4. The van der Waals surface area contributed by atoms with E-state index < -0.39 is 0 Å². The molecule has 2 rings (SSSR count). The van der Waals surface area contributed by atoms with Gasteiger partial charge in [-0.05, 0) is 42.8 Å². The summed E-state index contributed by atoms with van der Waals surface area (Å²) in [5.74, 6) is -0.531. The Morgan fingerprint density at radius 3 is 2.42 bits per heavy atom. The van der Waals surface area contributed by atoms with Gasteiger partial charge in [0, 0.05) is 43.8 Å². The summed E-state index contributed by atoms with van der Waals surface area (Å²) >= 11 is 0. The molecule has 0 unspecified atom stereocenters. The van der Waals surface area contributed by atoms with E-state index in [0.717, 1.165) is 24.9 Å². The van der Waals surface area contributed by atoms with Crippen LogP contribution in [0.25, 0.3) is 0 Å². The lowest BCUT2D eigenvalue weighted by atomic mass is 10.2. The number of carbonyl (C=O) groups is 2. The van der Waals surface area contributed by atoms with Crippen LogP contribution in [0.5, 0.6) is 0 Å². The number of nitrogens with one attached hydrogen (secondary N) is 2. The Bertz CT molecular complexity index is 742. The van der Waals surface area contributed by atoms with Crippen LogP contribution in [0.2, 0.25) is 0 Å². The fourth-order valence-electron chi connectivity index (χ4n) is 2.41. The molecule has 0 saturated heterocycles. The van der Waals surface area contributed by atoms with Gasteiger partial charge in [0.1, 0.15) is 5.69 Å². The van der Waals surface area contributed by atoms with Crippen molar-refractivity contribution < 1.29 is 9.59 Å². The zero-order chi connectivity index (χ0) is 18.9. The van der Waals surface area contributed by atoms with Gasteiger partial charge in [0.25, 0.3) is 11.8 Å². The predicted octanol–water partition coefficient (Wildman–Crippen LogP) is 3.32. The normalized spacial score (nSPS) is 10.3. The fraction of sp³-hybridized carbons (Fsp3) is 0.350. The Morgan fingerprint density at radius 1 is 1.04 bits per heavy atom. The molecule has 1 heterocycles. The zero-order valence-electron chi connectivity index (χ0n) is 15.6. The lowest BCUT2D eigenvalue weighted by molar-refractivity contribution is 0.0948. The maximum absolute atomic E-state index is 12.4. The second-order valence-electron chi connectivity index (χ2n) is 6.29. The maximum Gasteiger partial charge on any atom is 0.269 e. The highest BCUT2D eigenvalue weighted by molar-refractivity contribution is 6.05. The number of pyridine rings is 1. The number of rotatable bonds is 8. The average Bonchev–Trinajstić information content (AvgIpc) is 2.65. The molecule has 6 nitrogen and oxygen atoms in total. The number of nitrogens with zero attached hydrogens (tertiary/aromatic N) is 2. The van der Waals surface area contributed by atoms with Crippen LogP contribution in [0.1, 0.15) is 47.0 Å². The summed E-state index contributed by atoms with van der Waals surface area (Å²) < 4.78 is 0. The molecule has 0 aliphatic carbocycles. The molecule has 0 fully saturated rings. The minimum absolute atomic E-state index is 0.247. The molecule has 0 atom stereocenters. The largest absolute Gasteiger partial charge is 0.378 e. The van der Waals surface area contributed by atoms with Crippen LogP contribution in [-0.4, -0.2) is 37.4 Å². The Morgan fingerprint density at radius 2 is 1.77 bits per heavy atom. The first-order valence-electron chi connectivity index (χ1n) is 8.84. The van der Waals surface area contributed by atoms with Crippen LogP contribution in [0.15, 0.2) is 42.6 Å². The fourth-order valence-corrected chi connectivity index (χ4v) is 2.41. The van der Waals surface area contributed by atoms with Crippen LogP contribution in [0.4, 0.5) is 11.4 Å². The van der Waals surface area contributed by atoms with Crippen molar-refractivity contribution in [2.45, 2.75) is 26.2 Å². The van der Waals surface area contributed by atoms with Crippen LogP contribution in [0.3, 0.4) is 0 Å². The van der Waals surface area contributed by atoms with Gasteiger partial charge < -0.3 is 15.5 Å². The standard InChI is InChI=1S/C20H26N4O2/c1-4-5-6-12-22-20(26)18-14-15(11-13-21-18)19(25)23-16-7-9-17(10-8-16)24(2)3/h7-11,13-14H,4-6,12H2,1-3H3,(H,22,26)(H,23,25). The Kier molecular flexibility index (Phi) is 7.14. The second kappa shape index (κ2) is 9.56. The first-order chi connectivity index (χ1) is 12.5. The van der Waals surface area contributed by atoms with Crippen molar-refractivity contribution in [3.05, 3.63) is 53.9 Å². The van der Waals surface area contributed by atoms with Gasteiger partial charge in [-0.1, -0.05) is 19.8 Å². The molecule has 26 heavy (non-hydrogen) atoms. The van der Waals surface area contributed by atoms with E-state index in [-0.39, 0.29) is 17.5 Å². The first kappa shape index (κ1) is 19.4. The monoisotopic (exact) mass is 354 g/mol. The molecule has 0 bridgehead atoms. The Hall–Kier alpha value is -2.89. The van der Waals surface area contributed by atoms with E-state index >= 15 is 0 Å². The molecule has 2 amide bonds. The van der Waals surface area contributed by atoms with Gasteiger partial charge in [0.15, 0.2) is 0 Å². The highest BCUT2D eigenvalue weighted by atomic mass is 16.2. The molecule has 0 aliphatic heterocycles. The van der Waals surface area contributed by atoms with Crippen LogP contribution in [-0.2, 0) is 0 Å². The molecule has 0 aliphatic rings. The molecular formula is C20H26N4O2. The topological polar surface area (TPSA) is 74.3 Å². The SMILES string of the molecule is CCCCCNC(=O)c1cc(C(=O)Nc2ccc(N(C)C)cc2)ccn1. The third kappa shape index (κ3) is 5.58. The third-order valence-electron chi connectivity index (χ3n) is 3.96. The summed E-state index contributed by atoms with van der Waals surface area (Å²) in [6.45, 7) is 2.72. The summed E-state index contributed by atoms with van der Waals surface area (Å²) in [5, 5.41) is 5.66. The zero-order valence-corrected chi connectivity index (χ0v) is 15.6. The molecule has 1 aromatic heterocycles. The van der Waals surface area contributed by atoms with Gasteiger partial charge in [-0.15, -0.1) is 0 Å². The van der Waals surface area contributed by atoms with Crippen molar-refractivity contribution in [3.8, 4) is 0 Å². The quantitative estimate of drug-likeness (QED) is 0.713. The van der Waals surface area contributed by atoms with E-state index in [4.69, 9.17) is 0 Å². The summed E-state index contributed by atoms with van der Waals surface area (Å²) in [6.07, 6.45) is 4.58. The van der Waals surface area contributed by atoms with Gasteiger partial charge in [0.2, 0.25) is 0 Å². The molecule has 0 radical (unpaired) electrons. The van der Waals surface area contributed by atoms with Crippen LogP contribution in [0, 0.1) is 0 Å². The molecule has 138 valence electrons. The lowest BCUT2D eigenvalue weighted by Crippen LogP contribution is -2.25. The highest BCUT2D eigenvalue weighted by Gasteiger charge is 2.12. The van der Waals surface area contributed by atoms with Crippen molar-refractivity contribution in [1.82, 2.24) is 10.3 Å². The number of amides is 2. The van der Waals surface area contributed by atoms with Gasteiger partial charge in [-0.2, -0.15) is 0 Å². The summed E-state index contributed by atoms with van der Waals surface area (Å²) in [6, 6.07) is 10.6. The Balaban J connectivity index is 1.99. The number of aromatic nitrogens is 1. The number of hydrogen-bond donors (Lipinski definition) is 2. The number of unbranched alkanes of at least 4 members (excludes halogenated alkanes) is 2. The lowest BCUT2D eigenvalue weighted by Gasteiger charge is -2.13. The smallest absolute Gasteiger partial charge is 0.269 e. The van der Waals surface area contributed by atoms with E-state index in [0.29, 0.717) is 17.8 Å². The maximum atomic E-state index is 12.4. The van der Waals surface area contributed by atoms with Crippen molar-refractivity contribution in [2.75, 3.05) is 30.9 Å². The van der Waals surface area contributed by atoms with Crippen molar-refractivity contribution >= 4 is 23.2 Å². The summed E-state index contributed by atoms with van der Waals surface area (Å²) in [7, 11) is 3.92. The van der Waals surface area contributed by atoms with Crippen molar-refractivity contribution in [1.29, 1.82) is 0 Å². The highest BCUT2D eigenvalue weighted by Crippen LogP contribution is 2.16. The van der Waals surface area contributed by atoms with Crippen LogP contribution >= 0.6 is 0 Å². The minimum Gasteiger partial charge on any atom is -0.378 e. The van der Waals surface area contributed by atoms with Crippen molar-refractivity contribution in [2.24, 2.45) is 0 Å². The van der Waals surface area contributed by atoms with Gasteiger partial charge in [-0.3, -0.25) is 14.6 Å². The van der Waals surface area contributed by atoms with Crippen LogP contribution < -0.4 is 15.5 Å². The average molecular weight is 354 g/mol. The molecule has 0 saturated carbocycles. The van der Waals surface area contributed by atoms with E-state index in [1.54, 1.807) is 6.07 Å². The number of anilines is 2. The summed E-state index contributed by atoms with van der Waals surface area (Å²) in [5.41, 5.74) is 2.39. The second-order valence-corrected chi connectivity index (χ2v) is 6.29. The number of carbonyl (C=O) groups excluding carboxylic acids is 2. The van der Waals surface area contributed by atoms with Gasteiger partial charge in [-0.25, -0.2) is 0 Å². The van der Waals surface area contributed by atoms with Gasteiger partial charge >= 0.3 is 0 Å². The Labute approximate surface area is 154 Å². The first-order valence-corrected chi connectivity index (χ1v) is 8.84. The van der Waals surface area contributed by atoms with E-state index in [1.807, 2.05) is 43.3 Å². The molecular weight excluding hydrogens is 328 g/mol. The predicted molar refractivity (Wildman–Crippen MR) is 105 cm³/mol. The third-order valence-corrected chi connectivity index (χ3v) is 3.96. The van der Waals surface area contributed by atoms with Crippen molar-refractivity contribution in [3.63, 3.8) is 0 Å². The molecule has 6 heteroatoms. The molecule has 0 spiro atoms. The van der Waals surface area contributed by atoms with Gasteiger partial charge in [0.05, 0.1) is 0 Å². The van der Waals surface area contributed by atoms with E-state index in [1.165, 1.54) is 12.3 Å². The minimum atomic E-state index is -0.273. The molecule has 2 N–H and O–H groups in total. The molecule has 1 aromatic carbocycles. The molecule has 2 aromatic rings. The summed E-state index contributed by atoms with van der Waals surface area (Å²) in [4.78, 5) is 30.6. The number of benzene rings is 1.